The van der Waals surface area contributed by atoms with Gasteiger partial charge in [0, 0.05) is 41.4 Å². The van der Waals surface area contributed by atoms with Crippen molar-refractivity contribution < 1.29 is 37.7 Å². The smallest absolute Gasteiger partial charge is 0.371 e. The number of thiazole rings is 1. The number of anilines is 1. The Kier molecular flexibility index (Phi) is 10.4. The molecule has 0 bridgehead atoms. The summed E-state index contributed by atoms with van der Waals surface area (Å²) in [5.74, 6) is -3.76. The summed E-state index contributed by atoms with van der Waals surface area (Å²) in [5.41, 5.74) is 1.43. The van der Waals surface area contributed by atoms with Gasteiger partial charge in [-0.1, -0.05) is 25.0 Å². The first-order chi connectivity index (χ1) is 19.8. The van der Waals surface area contributed by atoms with Gasteiger partial charge in [-0.3, -0.25) is 10.1 Å². The lowest BCUT2D eigenvalue weighted by molar-refractivity contribution is -0.135. The monoisotopic (exact) mass is 586 g/mol. The van der Waals surface area contributed by atoms with Crippen molar-refractivity contribution >= 4 is 34.4 Å². The van der Waals surface area contributed by atoms with Crippen LogP contribution in [0.3, 0.4) is 0 Å². The van der Waals surface area contributed by atoms with E-state index in [4.69, 9.17) is 14.6 Å². The standard InChI is InChI=1S/C30H32F2N2O6S/c1-38-26(29(36)37)15-22-23(31)13-20(14-24(22)32)28(35)34-30-33-25(17-41-30)21-11-5-9-19(27(21)39-2)10-6-12-40-16-18-7-3-4-8-18/h5,9,11,13-15,17-18H,3-4,6-8,10,12,16H2,1-2H3,(H,36,37)(H,33,34,35)/b26-15-. The molecular weight excluding hydrogens is 554 g/mol. The fourth-order valence-corrected chi connectivity index (χ4v) is 5.54. The van der Waals surface area contributed by atoms with Gasteiger partial charge in [0.25, 0.3) is 5.91 Å². The fourth-order valence-electron chi connectivity index (χ4n) is 4.83. The lowest BCUT2D eigenvalue weighted by Crippen LogP contribution is -2.13. The molecule has 0 radical (unpaired) electrons. The highest BCUT2D eigenvalue weighted by Gasteiger charge is 2.19. The molecule has 1 saturated carbocycles. The molecule has 1 amide bonds. The molecule has 1 heterocycles. The van der Waals surface area contributed by atoms with E-state index in [0.29, 0.717) is 30.0 Å². The maximum absolute atomic E-state index is 14.6. The number of carboxylic acids is 1. The van der Waals surface area contributed by atoms with Crippen molar-refractivity contribution in [3.63, 3.8) is 0 Å². The first-order valence-electron chi connectivity index (χ1n) is 13.3. The van der Waals surface area contributed by atoms with Gasteiger partial charge < -0.3 is 19.3 Å². The van der Waals surface area contributed by atoms with Gasteiger partial charge in [-0.2, -0.15) is 0 Å². The highest BCUT2D eigenvalue weighted by atomic mass is 32.1. The molecule has 1 aliphatic carbocycles. The number of nitrogens with zero attached hydrogens (tertiary/aromatic N) is 1. The lowest BCUT2D eigenvalue weighted by atomic mass is 10.0. The number of methoxy groups -OCH3 is 2. The summed E-state index contributed by atoms with van der Waals surface area (Å²) >= 11 is 1.16. The number of ether oxygens (including phenoxy) is 3. The van der Waals surface area contributed by atoms with Crippen molar-refractivity contribution in [2.75, 3.05) is 32.8 Å². The zero-order valence-corrected chi connectivity index (χ0v) is 23.7. The highest BCUT2D eigenvalue weighted by molar-refractivity contribution is 7.14. The van der Waals surface area contributed by atoms with Crippen LogP contribution in [0.25, 0.3) is 17.3 Å². The van der Waals surface area contributed by atoms with Gasteiger partial charge in [0.2, 0.25) is 5.76 Å². The number of carbonyl (C=O) groups excluding carboxylic acids is 1. The number of aryl methyl sites for hydroxylation is 1. The third-order valence-corrected chi connectivity index (χ3v) is 7.67. The Balaban J connectivity index is 1.42. The van der Waals surface area contributed by atoms with Gasteiger partial charge in [0.1, 0.15) is 17.4 Å². The summed E-state index contributed by atoms with van der Waals surface area (Å²) in [5, 5.41) is 13.6. The maximum atomic E-state index is 14.6. The normalized spacial score (nSPS) is 13.8. The number of aromatic nitrogens is 1. The SMILES string of the molecule is CO/C(=C\c1c(F)cc(C(=O)Nc2nc(-c3cccc(CCCOCC4CCCC4)c3OC)cs2)cc1F)C(=O)O. The molecule has 0 spiro atoms. The zero-order chi connectivity index (χ0) is 29.4. The summed E-state index contributed by atoms with van der Waals surface area (Å²) in [6, 6.07) is 7.44. The minimum absolute atomic E-state index is 0.232. The number of halogens is 2. The minimum atomic E-state index is -1.49. The van der Waals surface area contributed by atoms with Crippen LogP contribution in [0.4, 0.5) is 13.9 Å². The molecular formula is C30H32F2N2O6S. The molecule has 1 fully saturated rings. The summed E-state index contributed by atoms with van der Waals surface area (Å²) in [6.45, 7) is 1.51. The minimum Gasteiger partial charge on any atom is -0.496 e. The summed E-state index contributed by atoms with van der Waals surface area (Å²) in [4.78, 5) is 28.3. The van der Waals surface area contributed by atoms with Crippen LogP contribution in [0.1, 0.15) is 53.6 Å². The average molecular weight is 587 g/mol. The van der Waals surface area contributed by atoms with E-state index in [1.807, 2.05) is 18.2 Å². The lowest BCUT2D eigenvalue weighted by Gasteiger charge is -2.13. The van der Waals surface area contributed by atoms with E-state index in [1.165, 1.54) is 25.7 Å². The fraction of sp³-hybridized carbons (Fsp3) is 0.367. The first kappa shape index (κ1) is 30.1. The summed E-state index contributed by atoms with van der Waals surface area (Å²) < 4.78 is 45.4. The number of aliphatic carboxylic acids is 1. The van der Waals surface area contributed by atoms with Gasteiger partial charge in [0.05, 0.1) is 19.9 Å². The predicted molar refractivity (Wildman–Crippen MR) is 152 cm³/mol. The van der Waals surface area contributed by atoms with Crippen molar-refractivity contribution in [2.45, 2.75) is 38.5 Å². The molecule has 1 aliphatic rings. The molecule has 8 nitrogen and oxygen atoms in total. The first-order valence-corrected chi connectivity index (χ1v) is 14.2. The third-order valence-electron chi connectivity index (χ3n) is 6.91. The van der Waals surface area contributed by atoms with Gasteiger partial charge >= 0.3 is 5.97 Å². The zero-order valence-electron chi connectivity index (χ0n) is 22.9. The molecule has 0 aliphatic heterocycles. The third kappa shape index (κ3) is 7.68. The number of para-hydroxylation sites is 1. The molecule has 4 rings (SSSR count). The molecule has 2 N–H and O–H groups in total. The Labute approximate surface area is 241 Å². The number of hydrogen-bond donors (Lipinski definition) is 2. The maximum Gasteiger partial charge on any atom is 0.371 e. The molecule has 1 aromatic heterocycles. The number of hydrogen-bond acceptors (Lipinski definition) is 7. The van der Waals surface area contributed by atoms with Crippen LogP contribution in [-0.2, 0) is 20.7 Å². The van der Waals surface area contributed by atoms with Gasteiger partial charge in [-0.15, -0.1) is 11.3 Å². The number of amides is 1. The quantitative estimate of drug-likeness (QED) is 0.133. The molecule has 2 aromatic carbocycles. The van der Waals surface area contributed by atoms with E-state index < -0.39 is 34.8 Å². The second-order valence-electron chi connectivity index (χ2n) is 9.69. The van der Waals surface area contributed by atoms with Crippen LogP contribution in [0, 0.1) is 17.6 Å². The Morgan fingerprint density at radius 3 is 2.56 bits per heavy atom. The number of carboxylic acid groups (broad SMARTS) is 1. The van der Waals surface area contributed by atoms with Crippen molar-refractivity contribution in [1.29, 1.82) is 0 Å². The highest BCUT2D eigenvalue weighted by Crippen LogP contribution is 2.35. The largest absolute Gasteiger partial charge is 0.496 e. The summed E-state index contributed by atoms with van der Waals surface area (Å²) in [6.07, 6.45) is 7.46. The Morgan fingerprint density at radius 2 is 1.90 bits per heavy atom. The van der Waals surface area contributed by atoms with Crippen molar-refractivity contribution in [2.24, 2.45) is 5.92 Å². The summed E-state index contributed by atoms with van der Waals surface area (Å²) in [7, 11) is 2.67. The number of rotatable bonds is 13. The van der Waals surface area contributed by atoms with E-state index in [0.717, 1.165) is 61.2 Å². The van der Waals surface area contributed by atoms with Crippen LogP contribution in [0.2, 0.25) is 0 Å². The Hall–Kier alpha value is -3.83. The van der Waals surface area contributed by atoms with Crippen LogP contribution in [-0.4, -0.2) is 49.4 Å². The molecule has 0 atom stereocenters. The van der Waals surface area contributed by atoms with Crippen molar-refractivity contribution in [3.8, 4) is 17.0 Å². The predicted octanol–water partition coefficient (Wildman–Crippen LogP) is 6.56. The van der Waals surface area contributed by atoms with Gasteiger partial charge in [-0.25, -0.2) is 18.6 Å². The van der Waals surface area contributed by atoms with E-state index >= 15 is 0 Å². The van der Waals surface area contributed by atoms with Crippen LogP contribution < -0.4 is 10.1 Å². The molecule has 0 saturated heterocycles. The van der Waals surface area contributed by atoms with E-state index in [2.05, 4.69) is 15.0 Å². The number of benzene rings is 2. The van der Waals surface area contributed by atoms with Crippen LogP contribution >= 0.6 is 11.3 Å². The second kappa shape index (κ2) is 14.2. The Bertz CT molecular complexity index is 1390. The van der Waals surface area contributed by atoms with Crippen molar-refractivity contribution in [1.82, 2.24) is 4.98 Å². The van der Waals surface area contributed by atoms with Crippen molar-refractivity contribution in [3.05, 3.63) is 69.8 Å². The van der Waals surface area contributed by atoms with E-state index in [9.17, 15) is 18.4 Å². The molecule has 0 unspecified atom stereocenters. The molecule has 218 valence electrons. The Morgan fingerprint density at radius 1 is 1.17 bits per heavy atom. The molecule has 11 heteroatoms. The van der Waals surface area contributed by atoms with Crippen LogP contribution in [0.5, 0.6) is 5.75 Å². The second-order valence-corrected chi connectivity index (χ2v) is 10.5. The van der Waals surface area contributed by atoms with Gasteiger partial charge in [-0.05, 0) is 55.4 Å². The topological polar surface area (TPSA) is 107 Å². The van der Waals surface area contributed by atoms with Gasteiger partial charge in [0.15, 0.2) is 5.13 Å². The molecule has 41 heavy (non-hydrogen) atoms. The number of nitrogens with one attached hydrogen (secondary N) is 1. The van der Waals surface area contributed by atoms with E-state index in [-0.39, 0.29) is 10.7 Å². The average Bonchev–Trinajstić information content (AvgIpc) is 3.64. The van der Waals surface area contributed by atoms with E-state index in [1.54, 1.807) is 12.5 Å². The van der Waals surface area contributed by atoms with Crippen LogP contribution in [0.15, 0.2) is 41.5 Å². The number of carbonyl (C=O) groups is 2. The molecule has 3 aromatic rings.